The predicted molar refractivity (Wildman–Crippen MR) is 78.4 cm³/mol. The predicted octanol–water partition coefficient (Wildman–Crippen LogP) is 2.55. The number of nitrogens with zero attached hydrogens (tertiary/aromatic N) is 3. The Morgan fingerprint density at radius 2 is 1.95 bits per heavy atom. The summed E-state index contributed by atoms with van der Waals surface area (Å²) in [5.41, 5.74) is 6.59. The molecule has 0 aliphatic carbocycles. The summed E-state index contributed by atoms with van der Waals surface area (Å²) in [6, 6.07) is 10.4. The Labute approximate surface area is 122 Å². The molecule has 0 fully saturated rings. The van der Waals surface area contributed by atoms with Gasteiger partial charge in [0.15, 0.2) is 5.69 Å². The van der Waals surface area contributed by atoms with Crippen molar-refractivity contribution >= 4 is 23.3 Å². The van der Waals surface area contributed by atoms with Crippen molar-refractivity contribution in [1.29, 1.82) is 0 Å². The summed E-state index contributed by atoms with van der Waals surface area (Å²) in [6.45, 7) is 1.91. The molecular formula is C14H15ClN4O. The number of nitrogen functional groups attached to an aromatic ring is 1. The molecule has 1 amide bonds. The minimum Gasteiger partial charge on any atom is -0.382 e. The molecule has 5 nitrogen and oxygen atoms in total. The van der Waals surface area contributed by atoms with Crippen LogP contribution in [0.5, 0.6) is 0 Å². The number of carbonyl (C=O) groups excluding carboxylic acids is 1. The molecule has 6 heteroatoms. The lowest BCUT2D eigenvalue weighted by Crippen LogP contribution is -2.30. The molecule has 0 bridgehead atoms. The van der Waals surface area contributed by atoms with Crippen LogP contribution >= 0.6 is 11.6 Å². The highest BCUT2D eigenvalue weighted by molar-refractivity contribution is 6.31. The van der Waals surface area contributed by atoms with E-state index in [1.54, 1.807) is 30.1 Å². The molecular weight excluding hydrogens is 276 g/mol. The molecule has 2 N–H and O–H groups in total. The quantitative estimate of drug-likeness (QED) is 0.943. The Balaban J connectivity index is 2.22. The number of amides is 1. The number of benzene rings is 1. The molecule has 1 unspecified atom stereocenters. The van der Waals surface area contributed by atoms with Gasteiger partial charge in [0.1, 0.15) is 5.82 Å². The van der Waals surface area contributed by atoms with E-state index in [4.69, 9.17) is 17.3 Å². The third-order valence-corrected chi connectivity index (χ3v) is 3.51. The fourth-order valence-electron chi connectivity index (χ4n) is 1.84. The van der Waals surface area contributed by atoms with Crippen LogP contribution in [0.3, 0.4) is 0 Å². The molecule has 0 spiro atoms. The summed E-state index contributed by atoms with van der Waals surface area (Å²) >= 11 is 6.15. The summed E-state index contributed by atoms with van der Waals surface area (Å²) in [5.74, 6) is 0.0493. The maximum Gasteiger partial charge on any atom is 0.274 e. The Hall–Kier alpha value is -2.14. The molecule has 1 aromatic carbocycles. The molecule has 0 aliphatic rings. The number of halogens is 1. The van der Waals surface area contributed by atoms with E-state index >= 15 is 0 Å². The first-order chi connectivity index (χ1) is 9.50. The summed E-state index contributed by atoms with van der Waals surface area (Å²) in [6.07, 6.45) is 0. The van der Waals surface area contributed by atoms with Crippen molar-refractivity contribution in [3.8, 4) is 0 Å². The smallest absolute Gasteiger partial charge is 0.274 e. The monoisotopic (exact) mass is 290 g/mol. The zero-order chi connectivity index (χ0) is 14.7. The lowest BCUT2D eigenvalue weighted by molar-refractivity contribution is 0.0735. The van der Waals surface area contributed by atoms with Crippen molar-refractivity contribution in [1.82, 2.24) is 15.1 Å². The number of hydrogen-bond donors (Lipinski definition) is 1. The van der Waals surface area contributed by atoms with Crippen molar-refractivity contribution in [2.75, 3.05) is 12.8 Å². The standard InChI is InChI=1S/C14H15ClN4O/c1-9(10-5-3-4-6-11(10)15)19(2)14(20)12-7-8-13(16)18-17-12/h3-9H,1-2H3,(H2,16,18). The van der Waals surface area contributed by atoms with Crippen LogP contribution in [0.2, 0.25) is 5.02 Å². The van der Waals surface area contributed by atoms with Crippen LogP contribution in [0.1, 0.15) is 29.0 Å². The van der Waals surface area contributed by atoms with Gasteiger partial charge in [-0.1, -0.05) is 29.8 Å². The van der Waals surface area contributed by atoms with E-state index in [0.29, 0.717) is 5.02 Å². The highest BCUT2D eigenvalue weighted by Gasteiger charge is 2.21. The largest absolute Gasteiger partial charge is 0.382 e. The summed E-state index contributed by atoms with van der Waals surface area (Å²) in [4.78, 5) is 13.9. The van der Waals surface area contributed by atoms with Crippen molar-refractivity contribution in [2.45, 2.75) is 13.0 Å². The normalized spacial score (nSPS) is 11.9. The van der Waals surface area contributed by atoms with Crippen LogP contribution in [-0.2, 0) is 0 Å². The van der Waals surface area contributed by atoms with Gasteiger partial charge in [0.25, 0.3) is 5.91 Å². The topological polar surface area (TPSA) is 72.1 Å². The first-order valence-electron chi connectivity index (χ1n) is 6.11. The first kappa shape index (κ1) is 14.3. The number of anilines is 1. The van der Waals surface area contributed by atoms with Crippen LogP contribution in [-0.4, -0.2) is 28.1 Å². The molecule has 1 atom stereocenters. The third-order valence-electron chi connectivity index (χ3n) is 3.16. The third kappa shape index (κ3) is 2.88. The molecule has 1 aromatic heterocycles. The van der Waals surface area contributed by atoms with Gasteiger partial charge in [-0.2, -0.15) is 0 Å². The first-order valence-corrected chi connectivity index (χ1v) is 6.49. The molecule has 20 heavy (non-hydrogen) atoms. The Morgan fingerprint density at radius 1 is 1.25 bits per heavy atom. The summed E-state index contributed by atoms with van der Waals surface area (Å²) < 4.78 is 0. The molecule has 0 radical (unpaired) electrons. The van der Waals surface area contributed by atoms with E-state index in [2.05, 4.69) is 10.2 Å². The Morgan fingerprint density at radius 3 is 2.55 bits per heavy atom. The molecule has 0 saturated carbocycles. The van der Waals surface area contributed by atoms with E-state index < -0.39 is 0 Å². The van der Waals surface area contributed by atoms with Gasteiger partial charge in [-0.25, -0.2) is 0 Å². The number of aromatic nitrogens is 2. The van der Waals surface area contributed by atoms with Crippen molar-refractivity contribution in [3.63, 3.8) is 0 Å². The SMILES string of the molecule is CC(c1ccccc1Cl)N(C)C(=O)c1ccc(N)nn1. The van der Waals surface area contributed by atoms with E-state index in [1.807, 2.05) is 25.1 Å². The molecule has 1 heterocycles. The molecule has 2 aromatic rings. The average molecular weight is 291 g/mol. The zero-order valence-corrected chi connectivity index (χ0v) is 12.0. The lowest BCUT2D eigenvalue weighted by atomic mass is 10.1. The number of carbonyl (C=O) groups is 1. The molecule has 104 valence electrons. The van der Waals surface area contributed by atoms with Crippen LogP contribution in [0, 0.1) is 0 Å². The summed E-state index contributed by atoms with van der Waals surface area (Å²) in [7, 11) is 1.70. The highest BCUT2D eigenvalue weighted by atomic mass is 35.5. The second-order valence-electron chi connectivity index (χ2n) is 4.46. The van der Waals surface area contributed by atoms with E-state index in [1.165, 1.54) is 0 Å². The number of nitrogens with two attached hydrogens (primary N) is 1. The van der Waals surface area contributed by atoms with Crippen molar-refractivity contribution in [3.05, 3.63) is 52.7 Å². The van der Waals surface area contributed by atoms with Crippen LogP contribution in [0.25, 0.3) is 0 Å². The van der Waals surface area contributed by atoms with Gasteiger partial charge in [-0.15, -0.1) is 10.2 Å². The van der Waals surface area contributed by atoms with Gasteiger partial charge in [-0.3, -0.25) is 4.79 Å². The van der Waals surface area contributed by atoms with Gasteiger partial charge in [0, 0.05) is 12.1 Å². The van der Waals surface area contributed by atoms with Gasteiger partial charge < -0.3 is 10.6 Å². The number of rotatable bonds is 3. The van der Waals surface area contributed by atoms with Crippen LogP contribution in [0.4, 0.5) is 5.82 Å². The minimum atomic E-state index is -0.232. The molecule has 2 rings (SSSR count). The molecule has 0 saturated heterocycles. The minimum absolute atomic E-state index is 0.171. The van der Waals surface area contributed by atoms with Gasteiger partial charge in [0.05, 0.1) is 6.04 Å². The van der Waals surface area contributed by atoms with Crippen molar-refractivity contribution in [2.24, 2.45) is 0 Å². The second-order valence-corrected chi connectivity index (χ2v) is 4.86. The van der Waals surface area contributed by atoms with Gasteiger partial charge >= 0.3 is 0 Å². The zero-order valence-electron chi connectivity index (χ0n) is 11.2. The fraction of sp³-hybridized carbons (Fsp3) is 0.214. The fourth-order valence-corrected chi connectivity index (χ4v) is 2.13. The van der Waals surface area contributed by atoms with Crippen LogP contribution < -0.4 is 5.73 Å². The Kier molecular flexibility index (Phi) is 4.20. The molecule has 0 aliphatic heterocycles. The second kappa shape index (κ2) is 5.88. The summed E-state index contributed by atoms with van der Waals surface area (Å²) in [5, 5.41) is 8.11. The van der Waals surface area contributed by atoms with Crippen molar-refractivity contribution < 1.29 is 4.79 Å². The van der Waals surface area contributed by atoms with Crippen LogP contribution in [0.15, 0.2) is 36.4 Å². The van der Waals surface area contributed by atoms with Gasteiger partial charge in [0.2, 0.25) is 0 Å². The van der Waals surface area contributed by atoms with E-state index in [-0.39, 0.29) is 23.5 Å². The van der Waals surface area contributed by atoms with E-state index in [0.717, 1.165) is 5.56 Å². The Bertz CT molecular complexity index is 615. The lowest BCUT2D eigenvalue weighted by Gasteiger charge is -2.25. The van der Waals surface area contributed by atoms with E-state index in [9.17, 15) is 4.79 Å². The maximum absolute atomic E-state index is 12.3. The van der Waals surface area contributed by atoms with Gasteiger partial charge in [-0.05, 0) is 30.7 Å². The maximum atomic E-state index is 12.3. The number of hydrogen-bond acceptors (Lipinski definition) is 4. The average Bonchev–Trinajstić information content (AvgIpc) is 2.46. The highest BCUT2D eigenvalue weighted by Crippen LogP contribution is 2.26.